The maximum atomic E-state index is 12.8. The Balaban J connectivity index is 4.46. The molecule has 68 heavy (non-hydrogen) atoms. The second-order valence-electron chi connectivity index (χ2n) is 18.4. The van der Waals surface area contributed by atoms with Gasteiger partial charge >= 0.3 is 17.9 Å². The molecule has 6 heteroatoms. The quantitative estimate of drug-likeness (QED) is 0.0262. The number of carbonyl (C=O) groups excluding carboxylic acids is 3. The van der Waals surface area contributed by atoms with E-state index in [1.165, 1.54) is 109 Å². The first-order chi connectivity index (χ1) is 33.5. The third-order valence-electron chi connectivity index (χ3n) is 11.8. The van der Waals surface area contributed by atoms with Crippen molar-refractivity contribution in [3.63, 3.8) is 0 Å². The van der Waals surface area contributed by atoms with Gasteiger partial charge in [-0.1, -0.05) is 221 Å². The normalized spacial score (nSPS) is 12.8. The molecule has 0 fully saturated rings. The van der Waals surface area contributed by atoms with Gasteiger partial charge in [-0.15, -0.1) is 0 Å². The molecule has 1 unspecified atom stereocenters. The van der Waals surface area contributed by atoms with Crippen molar-refractivity contribution in [1.82, 2.24) is 0 Å². The third kappa shape index (κ3) is 53.3. The average Bonchev–Trinajstić information content (AvgIpc) is 3.34. The van der Waals surface area contributed by atoms with Crippen LogP contribution in [0.15, 0.2) is 97.2 Å². The average molecular weight is 946 g/mol. The molecule has 0 bridgehead atoms. The lowest BCUT2D eigenvalue weighted by Crippen LogP contribution is -2.30. The minimum absolute atomic E-state index is 0.0975. The van der Waals surface area contributed by atoms with E-state index in [0.717, 1.165) is 109 Å². The molecule has 0 aliphatic rings. The summed E-state index contributed by atoms with van der Waals surface area (Å²) < 4.78 is 16.8. The standard InChI is InChI=1S/C62H104O6/c1-4-7-10-13-16-19-22-25-28-30-32-34-37-40-43-46-49-52-55-61(64)67-58-59(57-66-60(63)54-51-48-45-42-39-36-33-27-24-21-18-15-12-9-6-3)68-62(65)56-53-50-47-44-41-38-35-31-29-26-23-20-17-14-11-8-5-2/h8-9,11-12,17-18,20-21,26-30,33,39,42,59H,4-7,10,13-16,19,22-25,31-32,34-38,40-41,43-58H2,1-3H3/b11-8-,12-9-,20-17-,21-18-,29-26-,30-28-,33-27-,42-39-. The highest BCUT2D eigenvalue weighted by Gasteiger charge is 2.19. The number of ether oxygens (including phenoxy) is 3. The van der Waals surface area contributed by atoms with Gasteiger partial charge in [-0.2, -0.15) is 0 Å². The van der Waals surface area contributed by atoms with Crippen LogP contribution in [0.2, 0.25) is 0 Å². The fraction of sp³-hybridized carbons (Fsp3) is 0.694. The number of unbranched alkanes of at least 4 members (excludes halogenated alkanes) is 23. The highest BCUT2D eigenvalue weighted by molar-refractivity contribution is 5.71. The summed E-state index contributed by atoms with van der Waals surface area (Å²) in [4.78, 5) is 38.1. The topological polar surface area (TPSA) is 78.9 Å². The molecule has 0 amide bonds. The summed E-state index contributed by atoms with van der Waals surface area (Å²) >= 11 is 0. The Labute approximate surface area is 419 Å². The zero-order valence-electron chi connectivity index (χ0n) is 44.3. The molecule has 0 rings (SSSR count). The zero-order valence-corrected chi connectivity index (χ0v) is 44.3. The molecule has 0 aliphatic carbocycles. The second kappa shape index (κ2) is 55.9. The van der Waals surface area contributed by atoms with Gasteiger partial charge in [0.15, 0.2) is 6.10 Å². The van der Waals surface area contributed by atoms with Crippen LogP contribution in [0.25, 0.3) is 0 Å². The molecule has 0 saturated heterocycles. The highest BCUT2D eigenvalue weighted by atomic mass is 16.6. The lowest BCUT2D eigenvalue weighted by Gasteiger charge is -2.18. The van der Waals surface area contributed by atoms with Crippen molar-refractivity contribution in [2.75, 3.05) is 13.2 Å². The summed E-state index contributed by atoms with van der Waals surface area (Å²) in [5.74, 6) is -0.952. The number of rotatable bonds is 50. The van der Waals surface area contributed by atoms with E-state index < -0.39 is 6.10 Å². The van der Waals surface area contributed by atoms with Crippen molar-refractivity contribution in [3.8, 4) is 0 Å². The monoisotopic (exact) mass is 945 g/mol. The molecule has 0 aromatic carbocycles. The summed E-state index contributed by atoms with van der Waals surface area (Å²) in [6, 6.07) is 0. The summed E-state index contributed by atoms with van der Waals surface area (Å²) in [6.45, 7) is 6.37. The molecule has 0 radical (unpaired) electrons. The van der Waals surface area contributed by atoms with Gasteiger partial charge in [0.25, 0.3) is 0 Å². The van der Waals surface area contributed by atoms with E-state index in [4.69, 9.17) is 14.2 Å². The van der Waals surface area contributed by atoms with E-state index in [-0.39, 0.29) is 31.1 Å². The Morgan fingerprint density at radius 3 is 0.941 bits per heavy atom. The van der Waals surface area contributed by atoms with E-state index in [1.54, 1.807) is 0 Å². The predicted octanol–water partition coefficient (Wildman–Crippen LogP) is 18.9. The van der Waals surface area contributed by atoms with Crippen LogP contribution in [0.4, 0.5) is 0 Å². The number of allylic oxidation sites excluding steroid dienone is 16. The smallest absolute Gasteiger partial charge is 0.306 e. The van der Waals surface area contributed by atoms with Crippen LogP contribution in [0.5, 0.6) is 0 Å². The van der Waals surface area contributed by atoms with Gasteiger partial charge in [0.2, 0.25) is 0 Å². The van der Waals surface area contributed by atoms with E-state index in [2.05, 4.69) is 118 Å². The molecule has 6 nitrogen and oxygen atoms in total. The molecule has 0 aliphatic heterocycles. The Morgan fingerprint density at radius 1 is 0.309 bits per heavy atom. The Kier molecular flexibility index (Phi) is 52.9. The molecule has 388 valence electrons. The maximum absolute atomic E-state index is 12.8. The summed E-state index contributed by atoms with van der Waals surface area (Å²) in [5.41, 5.74) is 0. The second-order valence-corrected chi connectivity index (χ2v) is 18.4. The fourth-order valence-corrected chi connectivity index (χ4v) is 7.62. The zero-order chi connectivity index (χ0) is 49.3. The highest BCUT2D eigenvalue weighted by Crippen LogP contribution is 2.14. The third-order valence-corrected chi connectivity index (χ3v) is 11.8. The van der Waals surface area contributed by atoms with Crippen LogP contribution in [0.3, 0.4) is 0 Å². The van der Waals surface area contributed by atoms with Gasteiger partial charge in [-0.3, -0.25) is 14.4 Å². The molecule has 0 saturated carbocycles. The minimum Gasteiger partial charge on any atom is -0.462 e. The Morgan fingerprint density at radius 2 is 0.574 bits per heavy atom. The molecule has 0 heterocycles. The van der Waals surface area contributed by atoms with Crippen LogP contribution in [0.1, 0.15) is 258 Å². The number of hydrogen-bond acceptors (Lipinski definition) is 6. The summed E-state index contributed by atoms with van der Waals surface area (Å²) in [5, 5.41) is 0. The van der Waals surface area contributed by atoms with Crippen molar-refractivity contribution in [3.05, 3.63) is 97.2 Å². The SMILES string of the molecule is CC/C=C\C/C=C\C/C=C\C/C=C\CCCCC(=O)OCC(COC(=O)CCCCCCCCC/C=C\CCCCCCCCC)OC(=O)CCCCCCCCC/C=C\C/C=C\C/C=C\CC. The van der Waals surface area contributed by atoms with Gasteiger partial charge in [0.1, 0.15) is 13.2 Å². The molecule has 0 N–H and O–H groups in total. The van der Waals surface area contributed by atoms with Gasteiger partial charge in [0, 0.05) is 19.3 Å². The molecular formula is C62H104O6. The lowest BCUT2D eigenvalue weighted by atomic mass is 10.1. The largest absolute Gasteiger partial charge is 0.462 e. The first kappa shape index (κ1) is 64.3. The fourth-order valence-electron chi connectivity index (χ4n) is 7.62. The minimum atomic E-state index is -0.803. The van der Waals surface area contributed by atoms with Crippen LogP contribution in [0, 0.1) is 0 Å². The lowest BCUT2D eigenvalue weighted by molar-refractivity contribution is -0.167. The molecule has 1 atom stereocenters. The van der Waals surface area contributed by atoms with Crippen LogP contribution in [-0.4, -0.2) is 37.2 Å². The van der Waals surface area contributed by atoms with Gasteiger partial charge < -0.3 is 14.2 Å². The predicted molar refractivity (Wildman–Crippen MR) is 293 cm³/mol. The van der Waals surface area contributed by atoms with Gasteiger partial charge in [-0.05, 0) is 116 Å². The van der Waals surface area contributed by atoms with E-state index in [0.29, 0.717) is 19.3 Å². The molecule has 0 spiro atoms. The number of hydrogen-bond donors (Lipinski definition) is 0. The van der Waals surface area contributed by atoms with Crippen molar-refractivity contribution >= 4 is 17.9 Å². The van der Waals surface area contributed by atoms with Crippen molar-refractivity contribution in [1.29, 1.82) is 0 Å². The van der Waals surface area contributed by atoms with Gasteiger partial charge in [-0.25, -0.2) is 0 Å². The summed E-state index contributed by atoms with van der Waals surface area (Å²) in [6.07, 6.45) is 74.0. The Hall–Kier alpha value is -3.67. The van der Waals surface area contributed by atoms with E-state index in [1.807, 2.05) is 0 Å². The molecule has 0 aromatic rings. The maximum Gasteiger partial charge on any atom is 0.306 e. The number of esters is 3. The van der Waals surface area contributed by atoms with E-state index >= 15 is 0 Å². The van der Waals surface area contributed by atoms with Gasteiger partial charge in [0.05, 0.1) is 0 Å². The van der Waals surface area contributed by atoms with Crippen molar-refractivity contribution in [2.45, 2.75) is 264 Å². The number of carbonyl (C=O) groups is 3. The van der Waals surface area contributed by atoms with Crippen molar-refractivity contribution in [2.24, 2.45) is 0 Å². The Bertz CT molecular complexity index is 1360. The summed E-state index contributed by atoms with van der Waals surface area (Å²) in [7, 11) is 0. The first-order valence-corrected chi connectivity index (χ1v) is 28.2. The van der Waals surface area contributed by atoms with Crippen LogP contribution < -0.4 is 0 Å². The van der Waals surface area contributed by atoms with Crippen LogP contribution >= 0.6 is 0 Å². The van der Waals surface area contributed by atoms with Crippen LogP contribution in [-0.2, 0) is 28.6 Å². The van der Waals surface area contributed by atoms with E-state index in [9.17, 15) is 14.4 Å². The van der Waals surface area contributed by atoms with Crippen molar-refractivity contribution < 1.29 is 28.6 Å². The first-order valence-electron chi connectivity index (χ1n) is 28.2. The molecular weight excluding hydrogens is 841 g/mol. The molecule has 0 aromatic heterocycles.